The minimum Gasteiger partial charge on any atom is -0.480 e. The summed E-state index contributed by atoms with van der Waals surface area (Å²) < 4.78 is 0. The summed E-state index contributed by atoms with van der Waals surface area (Å²) in [5.41, 5.74) is 7.95. The van der Waals surface area contributed by atoms with Crippen LogP contribution in [0.15, 0.2) is 24.3 Å². The van der Waals surface area contributed by atoms with Crippen LogP contribution in [0.25, 0.3) is 0 Å². The van der Waals surface area contributed by atoms with E-state index >= 15 is 0 Å². The first-order valence-electron chi connectivity index (χ1n) is 6.33. The number of carboxylic acids is 1. The maximum absolute atomic E-state index is 10.8. The average molecular weight is 250 g/mol. The third kappa shape index (κ3) is 4.13. The second-order valence-corrected chi connectivity index (χ2v) is 4.51. The summed E-state index contributed by atoms with van der Waals surface area (Å²) in [7, 11) is 1.82. The maximum Gasteiger partial charge on any atom is 0.320 e. The zero-order valence-corrected chi connectivity index (χ0v) is 11.0. The summed E-state index contributed by atoms with van der Waals surface area (Å²) in [6, 6.07) is 7.41. The first kappa shape index (κ1) is 14.7. The van der Waals surface area contributed by atoms with Gasteiger partial charge >= 0.3 is 5.97 Å². The minimum atomic E-state index is -0.960. The molecule has 0 spiro atoms. The van der Waals surface area contributed by atoms with Crippen LogP contribution in [-0.2, 0) is 11.2 Å². The summed E-state index contributed by atoms with van der Waals surface area (Å²) in [6.45, 7) is 2.15. The van der Waals surface area contributed by atoms with Gasteiger partial charge in [0.2, 0.25) is 0 Å². The zero-order chi connectivity index (χ0) is 13.5. The highest BCUT2D eigenvalue weighted by atomic mass is 16.4. The van der Waals surface area contributed by atoms with Crippen molar-refractivity contribution >= 4 is 5.97 Å². The van der Waals surface area contributed by atoms with Crippen LogP contribution in [0, 0.1) is 0 Å². The van der Waals surface area contributed by atoms with Gasteiger partial charge in [0.1, 0.15) is 6.04 Å². The molecule has 1 aromatic carbocycles. The van der Waals surface area contributed by atoms with Crippen LogP contribution in [0.4, 0.5) is 0 Å². The van der Waals surface area contributed by atoms with Crippen molar-refractivity contribution in [2.45, 2.75) is 38.3 Å². The Morgan fingerprint density at radius 3 is 2.44 bits per heavy atom. The molecule has 0 aromatic heterocycles. The molecule has 0 saturated carbocycles. The smallest absolute Gasteiger partial charge is 0.320 e. The molecule has 0 radical (unpaired) electrons. The second kappa shape index (κ2) is 7.13. The van der Waals surface area contributed by atoms with Gasteiger partial charge in [-0.1, -0.05) is 37.6 Å². The van der Waals surface area contributed by atoms with E-state index in [0.29, 0.717) is 6.42 Å². The number of rotatable bonds is 7. The summed E-state index contributed by atoms with van der Waals surface area (Å²) in [6.07, 6.45) is 2.58. The van der Waals surface area contributed by atoms with E-state index in [2.05, 4.69) is 24.4 Å². The molecule has 0 bridgehead atoms. The normalized spacial score (nSPS) is 14.2. The Bertz CT molecular complexity index is 376. The molecule has 0 saturated heterocycles. The molecular weight excluding hydrogens is 228 g/mol. The fourth-order valence-electron chi connectivity index (χ4n) is 1.98. The largest absolute Gasteiger partial charge is 0.480 e. The standard InChI is InChI=1S/C14H22N2O2/c1-3-4-10-5-7-11(8-6-10)13(16-2)9-12(15)14(17)18/h5-8,12-13,16H,3-4,9,15H2,1-2H3,(H,17,18). The van der Waals surface area contributed by atoms with Crippen molar-refractivity contribution in [2.24, 2.45) is 5.73 Å². The van der Waals surface area contributed by atoms with Gasteiger partial charge in [-0.15, -0.1) is 0 Å². The molecule has 100 valence electrons. The van der Waals surface area contributed by atoms with Crippen LogP contribution < -0.4 is 11.1 Å². The molecule has 0 aliphatic rings. The third-order valence-electron chi connectivity index (χ3n) is 3.08. The topological polar surface area (TPSA) is 75.4 Å². The Balaban J connectivity index is 2.72. The minimum absolute atomic E-state index is 0.0215. The number of hydrogen-bond donors (Lipinski definition) is 3. The predicted octanol–water partition coefficient (Wildman–Crippen LogP) is 1.70. The molecule has 2 atom stereocenters. The van der Waals surface area contributed by atoms with Crippen LogP contribution in [0.3, 0.4) is 0 Å². The van der Waals surface area contributed by atoms with Crippen molar-refractivity contribution in [3.05, 3.63) is 35.4 Å². The van der Waals surface area contributed by atoms with Gasteiger partial charge in [-0.3, -0.25) is 4.79 Å². The zero-order valence-electron chi connectivity index (χ0n) is 11.0. The molecule has 4 nitrogen and oxygen atoms in total. The SMILES string of the molecule is CCCc1ccc(C(CC(N)C(=O)O)NC)cc1. The van der Waals surface area contributed by atoms with E-state index in [0.717, 1.165) is 18.4 Å². The number of benzene rings is 1. The number of carboxylic acid groups (broad SMARTS) is 1. The molecule has 4 heteroatoms. The lowest BCUT2D eigenvalue weighted by atomic mass is 9.98. The number of carbonyl (C=O) groups is 1. The van der Waals surface area contributed by atoms with Crippen molar-refractivity contribution in [3.8, 4) is 0 Å². The Hall–Kier alpha value is -1.39. The maximum atomic E-state index is 10.8. The lowest BCUT2D eigenvalue weighted by Crippen LogP contribution is -2.34. The summed E-state index contributed by atoms with van der Waals surface area (Å²) in [5.74, 6) is -0.960. The molecule has 0 amide bonds. The molecule has 18 heavy (non-hydrogen) atoms. The number of aryl methyl sites for hydroxylation is 1. The average Bonchev–Trinajstić information content (AvgIpc) is 2.37. The molecule has 0 heterocycles. The summed E-state index contributed by atoms with van der Waals surface area (Å²) in [4.78, 5) is 10.8. The number of aliphatic carboxylic acids is 1. The Labute approximate surface area is 108 Å². The van der Waals surface area contributed by atoms with Gasteiger partial charge in [-0.05, 0) is 31.0 Å². The highest BCUT2D eigenvalue weighted by Crippen LogP contribution is 2.19. The first-order valence-corrected chi connectivity index (χ1v) is 6.33. The van der Waals surface area contributed by atoms with E-state index in [9.17, 15) is 4.79 Å². The van der Waals surface area contributed by atoms with Crippen LogP contribution in [0.1, 0.15) is 36.9 Å². The van der Waals surface area contributed by atoms with E-state index < -0.39 is 12.0 Å². The van der Waals surface area contributed by atoms with E-state index in [1.165, 1.54) is 5.56 Å². The molecule has 4 N–H and O–H groups in total. The van der Waals surface area contributed by atoms with Gasteiger partial charge in [-0.2, -0.15) is 0 Å². The van der Waals surface area contributed by atoms with Gasteiger partial charge in [0.15, 0.2) is 0 Å². The predicted molar refractivity (Wildman–Crippen MR) is 72.5 cm³/mol. The van der Waals surface area contributed by atoms with E-state index in [-0.39, 0.29) is 6.04 Å². The molecule has 0 aliphatic heterocycles. The third-order valence-corrected chi connectivity index (χ3v) is 3.08. The van der Waals surface area contributed by atoms with Gasteiger partial charge in [0.25, 0.3) is 0 Å². The molecule has 1 aromatic rings. The van der Waals surface area contributed by atoms with Crippen LogP contribution in [0.2, 0.25) is 0 Å². The van der Waals surface area contributed by atoms with Crippen LogP contribution in [-0.4, -0.2) is 24.2 Å². The first-order chi connectivity index (χ1) is 8.58. The molecule has 0 fully saturated rings. The highest BCUT2D eigenvalue weighted by Gasteiger charge is 2.18. The van der Waals surface area contributed by atoms with Gasteiger partial charge in [-0.25, -0.2) is 0 Å². The summed E-state index contributed by atoms with van der Waals surface area (Å²) in [5, 5.41) is 11.9. The van der Waals surface area contributed by atoms with E-state index in [1.807, 2.05) is 19.2 Å². The highest BCUT2D eigenvalue weighted by molar-refractivity contribution is 5.73. The molecular formula is C14H22N2O2. The van der Waals surface area contributed by atoms with Gasteiger partial charge < -0.3 is 16.2 Å². The quantitative estimate of drug-likeness (QED) is 0.688. The van der Waals surface area contributed by atoms with Gasteiger partial charge in [0.05, 0.1) is 0 Å². The lowest BCUT2D eigenvalue weighted by molar-refractivity contribution is -0.138. The molecule has 0 aliphatic carbocycles. The molecule has 2 unspecified atom stereocenters. The van der Waals surface area contributed by atoms with Crippen LogP contribution in [0.5, 0.6) is 0 Å². The molecule has 1 rings (SSSR count). The number of nitrogens with one attached hydrogen (secondary N) is 1. The fourth-order valence-corrected chi connectivity index (χ4v) is 1.98. The lowest BCUT2D eigenvalue weighted by Gasteiger charge is -2.19. The van der Waals surface area contributed by atoms with Gasteiger partial charge in [0, 0.05) is 6.04 Å². The Kier molecular flexibility index (Phi) is 5.82. The fraction of sp³-hybridized carbons (Fsp3) is 0.500. The van der Waals surface area contributed by atoms with Crippen molar-refractivity contribution < 1.29 is 9.90 Å². The monoisotopic (exact) mass is 250 g/mol. The van der Waals surface area contributed by atoms with Crippen LogP contribution >= 0.6 is 0 Å². The van der Waals surface area contributed by atoms with E-state index in [1.54, 1.807) is 0 Å². The van der Waals surface area contributed by atoms with E-state index in [4.69, 9.17) is 10.8 Å². The van der Waals surface area contributed by atoms with Crippen molar-refractivity contribution in [1.82, 2.24) is 5.32 Å². The van der Waals surface area contributed by atoms with Crippen molar-refractivity contribution in [2.75, 3.05) is 7.05 Å². The summed E-state index contributed by atoms with van der Waals surface area (Å²) >= 11 is 0. The number of hydrogen-bond acceptors (Lipinski definition) is 3. The van der Waals surface area contributed by atoms with Crippen molar-refractivity contribution in [1.29, 1.82) is 0 Å². The Morgan fingerprint density at radius 1 is 1.39 bits per heavy atom. The second-order valence-electron chi connectivity index (χ2n) is 4.51. The number of nitrogens with two attached hydrogens (primary N) is 1. The Morgan fingerprint density at radius 2 is 2.00 bits per heavy atom. The van der Waals surface area contributed by atoms with Crippen molar-refractivity contribution in [3.63, 3.8) is 0 Å².